The van der Waals surface area contributed by atoms with Crippen LogP contribution in [0, 0.1) is 5.92 Å². The van der Waals surface area contributed by atoms with E-state index in [1.807, 2.05) is 0 Å². The molecule has 1 aromatic heterocycles. The zero-order valence-electron chi connectivity index (χ0n) is 7.97. The van der Waals surface area contributed by atoms with E-state index in [-0.39, 0.29) is 11.9 Å². The van der Waals surface area contributed by atoms with Crippen LogP contribution in [-0.2, 0) is 4.79 Å². The molecule has 2 aromatic rings. The SMILES string of the molecule is O=C(Oc1ccc2ocnc2c1)C1CC1. The van der Waals surface area contributed by atoms with Crippen molar-refractivity contribution in [3.8, 4) is 5.75 Å². The highest BCUT2D eigenvalue weighted by Gasteiger charge is 2.31. The van der Waals surface area contributed by atoms with Gasteiger partial charge in [-0.15, -0.1) is 0 Å². The van der Waals surface area contributed by atoms with Crippen molar-refractivity contribution in [1.29, 1.82) is 0 Å². The first-order valence-corrected chi connectivity index (χ1v) is 4.88. The summed E-state index contributed by atoms with van der Waals surface area (Å²) < 4.78 is 10.3. The fourth-order valence-corrected chi connectivity index (χ4v) is 1.42. The Morgan fingerprint density at radius 2 is 2.33 bits per heavy atom. The number of hydrogen-bond donors (Lipinski definition) is 0. The summed E-state index contributed by atoms with van der Waals surface area (Å²) >= 11 is 0. The summed E-state index contributed by atoms with van der Waals surface area (Å²) in [6, 6.07) is 5.17. The second kappa shape index (κ2) is 3.08. The van der Waals surface area contributed by atoms with Gasteiger partial charge in [-0.05, 0) is 25.0 Å². The quantitative estimate of drug-likeness (QED) is 0.554. The summed E-state index contributed by atoms with van der Waals surface area (Å²) in [4.78, 5) is 15.4. The van der Waals surface area contributed by atoms with E-state index in [1.165, 1.54) is 6.39 Å². The van der Waals surface area contributed by atoms with Crippen molar-refractivity contribution in [2.24, 2.45) is 5.92 Å². The van der Waals surface area contributed by atoms with E-state index < -0.39 is 0 Å². The van der Waals surface area contributed by atoms with Gasteiger partial charge >= 0.3 is 5.97 Å². The summed E-state index contributed by atoms with van der Waals surface area (Å²) in [6.45, 7) is 0. The number of carbonyl (C=O) groups is 1. The lowest BCUT2D eigenvalue weighted by molar-refractivity contribution is -0.135. The fourth-order valence-electron chi connectivity index (χ4n) is 1.42. The fraction of sp³-hybridized carbons (Fsp3) is 0.273. The largest absolute Gasteiger partial charge is 0.443 e. The van der Waals surface area contributed by atoms with Crippen molar-refractivity contribution in [2.45, 2.75) is 12.8 Å². The summed E-state index contributed by atoms with van der Waals surface area (Å²) in [7, 11) is 0. The molecule has 0 radical (unpaired) electrons. The van der Waals surface area contributed by atoms with Gasteiger partial charge in [-0.1, -0.05) is 0 Å². The molecule has 15 heavy (non-hydrogen) atoms. The van der Waals surface area contributed by atoms with Crippen molar-refractivity contribution in [1.82, 2.24) is 4.98 Å². The number of rotatable bonds is 2. The van der Waals surface area contributed by atoms with Gasteiger partial charge < -0.3 is 9.15 Å². The van der Waals surface area contributed by atoms with Crippen LogP contribution in [0.15, 0.2) is 29.0 Å². The van der Waals surface area contributed by atoms with Gasteiger partial charge in [0.1, 0.15) is 11.3 Å². The molecule has 1 aliphatic carbocycles. The van der Waals surface area contributed by atoms with E-state index in [4.69, 9.17) is 9.15 Å². The van der Waals surface area contributed by atoms with Crippen LogP contribution in [0.2, 0.25) is 0 Å². The first kappa shape index (κ1) is 8.47. The standard InChI is InChI=1S/C11H9NO3/c13-11(7-1-2-7)15-8-3-4-10-9(5-8)12-6-14-10/h3-7H,1-2H2. The Morgan fingerprint density at radius 3 is 3.13 bits per heavy atom. The number of carbonyl (C=O) groups excluding carboxylic acids is 1. The second-order valence-corrected chi connectivity index (χ2v) is 3.68. The number of esters is 1. The van der Waals surface area contributed by atoms with Gasteiger partial charge in [0, 0.05) is 6.07 Å². The molecule has 3 rings (SSSR count). The summed E-state index contributed by atoms with van der Waals surface area (Å²) in [5.41, 5.74) is 1.40. The van der Waals surface area contributed by atoms with E-state index in [2.05, 4.69) is 4.98 Å². The van der Waals surface area contributed by atoms with Gasteiger partial charge in [-0.3, -0.25) is 4.79 Å². The van der Waals surface area contributed by atoms with Crippen LogP contribution in [0.4, 0.5) is 0 Å². The molecular formula is C11H9NO3. The Kier molecular flexibility index (Phi) is 1.74. The third-order valence-electron chi connectivity index (χ3n) is 2.43. The highest BCUT2D eigenvalue weighted by molar-refractivity contribution is 5.79. The smallest absolute Gasteiger partial charge is 0.314 e. The summed E-state index contributed by atoms with van der Waals surface area (Å²) in [6.07, 6.45) is 3.27. The number of nitrogens with zero attached hydrogens (tertiary/aromatic N) is 1. The minimum Gasteiger partial charge on any atom is -0.443 e. The molecule has 1 saturated carbocycles. The molecule has 0 bridgehead atoms. The van der Waals surface area contributed by atoms with Crippen molar-refractivity contribution in [3.63, 3.8) is 0 Å². The summed E-state index contributed by atoms with van der Waals surface area (Å²) in [5, 5.41) is 0. The molecule has 0 atom stereocenters. The molecule has 0 unspecified atom stereocenters. The van der Waals surface area contributed by atoms with Crippen LogP contribution in [0.1, 0.15) is 12.8 Å². The van der Waals surface area contributed by atoms with E-state index in [9.17, 15) is 4.79 Å². The molecule has 1 aliphatic rings. The van der Waals surface area contributed by atoms with Crippen molar-refractivity contribution >= 4 is 17.1 Å². The molecule has 0 amide bonds. The summed E-state index contributed by atoms with van der Waals surface area (Å²) in [5.74, 6) is 0.504. The average molecular weight is 203 g/mol. The van der Waals surface area contributed by atoms with Crippen molar-refractivity contribution in [3.05, 3.63) is 24.6 Å². The van der Waals surface area contributed by atoms with Gasteiger partial charge in [0.25, 0.3) is 0 Å². The number of benzene rings is 1. The average Bonchev–Trinajstić information content (AvgIpc) is 2.98. The van der Waals surface area contributed by atoms with E-state index in [1.54, 1.807) is 18.2 Å². The Bertz CT molecular complexity index is 513. The molecule has 0 aliphatic heterocycles. The van der Waals surface area contributed by atoms with Crippen LogP contribution < -0.4 is 4.74 Å². The predicted octanol–water partition coefficient (Wildman–Crippen LogP) is 2.14. The maximum atomic E-state index is 11.4. The predicted molar refractivity (Wildman–Crippen MR) is 52.4 cm³/mol. The lowest BCUT2D eigenvalue weighted by Gasteiger charge is -2.01. The first-order chi connectivity index (χ1) is 7.33. The number of hydrogen-bond acceptors (Lipinski definition) is 4. The molecule has 0 N–H and O–H groups in total. The molecule has 1 fully saturated rings. The highest BCUT2D eigenvalue weighted by Crippen LogP contribution is 2.31. The van der Waals surface area contributed by atoms with Crippen molar-refractivity contribution < 1.29 is 13.9 Å². The van der Waals surface area contributed by atoms with Crippen molar-refractivity contribution in [2.75, 3.05) is 0 Å². The third kappa shape index (κ3) is 1.58. The van der Waals surface area contributed by atoms with E-state index in [0.29, 0.717) is 16.8 Å². The van der Waals surface area contributed by atoms with Gasteiger partial charge in [-0.2, -0.15) is 0 Å². The Balaban J connectivity index is 1.86. The number of ether oxygens (including phenoxy) is 1. The number of oxazole rings is 1. The van der Waals surface area contributed by atoms with Crippen LogP contribution >= 0.6 is 0 Å². The first-order valence-electron chi connectivity index (χ1n) is 4.88. The van der Waals surface area contributed by atoms with Gasteiger partial charge in [-0.25, -0.2) is 4.98 Å². The third-order valence-corrected chi connectivity index (χ3v) is 2.43. The number of fused-ring (bicyclic) bond motifs is 1. The number of aromatic nitrogens is 1. The maximum absolute atomic E-state index is 11.4. The molecule has 4 heteroatoms. The maximum Gasteiger partial charge on any atom is 0.314 e. The van der Waals surface area contributed by atoms with Crippen LogP contribution in [0.3, 0.4) is 0 Å². The topological polar surface area (TPSA) is 52.3 Å². The lowest BCUT2D eigenvalue weighted by Crippen LogP contribution is -2.09. The Morgan fingerprint density at radius 1 is 1.47 bits per heavy atom. The van der Waals surface area contributed by atoms with Gasteiger partial charge in [0.05, 0.1) is 5.92 Å². The normalized spacial score (nSPS) is 15.5. The molecule has 1 heterocycles. The monoisotopic (exact) mass is 203 g/mol. The molecular weight excluding hydrogens is 194 g/mol. The zero-order valence-corrected chi connectivity index (χ0v) is 7.97. The minimum atomic E-state index is -0.141. The van der Waals surface area contributed by atoms with Crippen LogP contribution in [0.5, 0.6) is 5.75 Å². The minimum absolute atomic E-state index is 0.109. The molecule has 4 nitrogen and oxygen atoms in total. The van der Waals surface area contributed by atoms with Crippen LogP contribution in [0.25, 0.3) is 11.1 Å². The van der Waals surface area contributed by atoms with E-state index in [0.717, 1.165) is 12.8 Å². The van der Waals surface area contributed by atoms with Crippen LogP contribution in [-0.4, -0.2) is 11.0 Å². The molecule has 76 valence electrons. The lowest BCUT2D eigenvalue weighted by atomic mass is 10.3. The Hall–Kier alpha value is -1.84. The molecule has 0 saturated heterocycles. The molecule has 1 aromatic carbocycles. The highest BCUT2D eigenvalue weighted by atomic mass is 16.5. The molecule has 0 spiro atoms. The van der Waals surface area contributed by atoms with E-state index >= 15 is 0 Å². The van der Waals surface area contributed by atoms with Gasteiger partial charge in [0.2, 0.25) is 0 Å². The zero-order chi connectivity index (χ0) is 10.3. The second-order valence-electron chi connectivity index (χ2n) is 3.68. The Labute approximate surface area is 85.9 Å². The van der Waals surface area contributed by atoms with Gasteiger partial charge in [0.15, 0.2) is 12.0 Å².